The van der Waals surface area contributed by atoms with E-state index in [0.717, 1.165) is 5.56 Å². The fourth-order valence-corrected chi connectivity index (χ4v) is 1.53. The number of phenols is 1. The van der Waals surface area contributed by atoms with Crippen LogP contribution in [0.5, 0.6) is 5.75 Å². The lowest BCUT2D eigenvalue weighted by Crippen LogP contribution is -1.99. The summed E-state index contributed by atoms with van der Waals surface area (Å²) in [7, 11) is 0. The molecule has 0 aliphatic rings. The van der Waals surface area contributed by atoms with Crippen LogP contribution in [-0.2, 0) is 6.54 Å². The average molecular weight is 231 g/mol. The number of aryl methyl sites for hydroxylation is 1. The van der Waals surface area contributed by atoms with E-state index in [2.05, 4.69) is 5.32 Å². The van der Waals surface area contributed by atoms with Crippen molar-refractivity contribution in [1.29, 1.82) is 0 Å². The van der Waals surface area contributed by atoms with Gasteiger partial charge in [0, 0.05) is 18.3 Å². The van der Waals surface area contributed by atoms with E-state index in [0.29, 0.717) is 12.2 Å². The zero-order valence-corrected chi connectivity index (χ0v) is 9.57. The molecule has 0 aromatic heterocycles. The summed E-state index contributed by atoms with van der Waals surface area (Å²) in [6.45, 7) is 2.66. The lowest BCUT2D eigenvalue weighted by atomic mass is 10.1. The molecule has 0 radical (unpaired) electrons. The van der Waals surface area contributed by atoms with Gasteiger partial charge in [-0.1, -0.05) is 29.8 Å². The van der Waals surface area contributed by atoms with Crippen LogP contribution in [0.2, 0.25) is 0 Å². The first-order valence-electron chi connectivity index (χ1n) is 5.43. The van der Waals surface area contributed by atoms with Gasteiger partial charge in [0.1, 0.15) is 0 Å². The van der Waals surface area contributed by atoms with Crippen LogP contribution in [0.15, 0.2) is 42.5 Å². The Bertz CT molecular complexity index is 508. The second-order valence-corrected chi connectivity index (χ2v) is 4.01. The first kappa shape index (κ1) is 11.5. The first-order chi connectivity index (χ1) is 8.15. The van der Waals surface area contributed by atoms with E-state index in [9.17, 15) is 4.39 Å². The molecule has 2 N–H and O–H groups in total. The predicted octanol–water partition coefficient (Wildman–Crippen LogP) is 3.45. The lowest BCUT2D eigenvalue weighted by molar-refractivity contribution is 0.432. The molecule has 0 aliphatic carbocycles. The molecule has 3 heteroatoms. The standard InChI is InChI=1S/C14H14FNO/c1-10-2-4-11(5-3-10)9-16-12-6-7-14(17)13(15)8-12/h2-8,16-17H,9H2,1H3. The van der Waals surface area contributed by atoms with E-state index in [-0.39, 0.29) is 5.75 Å². The van der Waals surface area contributed by atoms with Crippen LogP contribution in [0, 0.1) is 12.7 Å². The number of nitrogens with one attached hydrogen (secondary N) is 1. The van der Waals surface area contributed by atoms with Gasteiger partial charge in [-0.15, -0.1) is 0 Å². The van der Waals surface area contributed by atoms with Crippen LogP contribution < -0.4 is 5.32 Å². The summed E-state index contributed by atoms with van der Waals surface area (Å²) in [6.07, 6.45) is 0. The van der Waals surface area contributed by atoms with Crippen molar-refractivity contribution in [2.24, 2.45) is 0 Å². The van der Waals surface area contributed by atoms with E-state index in [1.165, 1.54) is 17.7 Å². The number of aromatic hydroxyl groups is 1. The Kier molecular flexibility index (Phi) is 3.28. The Morgan fingerprint density at radius 3 is 2.47 bits per heavy atom. The van der Waals surface area contributed by atoms with Crippen molar-refractivity contribution < 1.29 is 9.50 Å². The molecule has 2 nitrogen and oxygen atoms in total. The highest BCUT2D eigenvalue weighted by Gasteiger charge is 2.01. The second kappa shape index (κ2) is 4.87. The average Bonchev–Trinajstić information content (AvgIpc) is 2.33. The van der Waals surface area contributed by atoms with E-state index in [1.54, 1.807) is 6.07 Å². The number of halogens is 1. The summed E-state index contributed by atoms with van der Waals surface area (Å²) in [6, 6.07) is 12.4. The van der Waals surface area contributed by atoms with Gasteiger partial charge in [-0.25, -0.2) is 4.39 Å². The molecule has 0 unspecified atom stereocenters. The molecule has 0 heterocycles. The number of anilines is 1. The largest absolute Gasteiger partial charge is 0.505 e. The van der Waals surface area contributed by atoms with Crippen LogP contribution in [0.3, 0.4) is 0 Å². The fraction of sp³-hybridized carbons (Fsp3) is 0.143. The zero-order chi connectivity index (χ0) is 12.3. The number of rotatable bonds is 3. The van der Waals surface area contributed by atoms with Gasteiger partial charge in [0.25, 0.3) is 0 Å². The third-order valence-electron chi connectivity index (χ3n) is 2.56. The lowest BCUT2D eigenvalue weighted by Gasteiger charge is -2.07. The summed E-state index contributed by atoms with van der Waals surface area (Å²) in [5, 5.41) is 12.2. The van der Waals surface area contributed by atoms with E-state index < -0.39 is 5.82 Å². The van der Waals surface area contributed by atoms with Gasteiger partial charge in [-0.2, -0.15) is 0 Å². The van der Waals surface area contributed by atoms with Gasteiger partial charge in [-0.05, 0) is 24.6 Å². The highest BCUT2D eigenvalue weighted by molar-refractivity contribution is 5.47. The molecule has 2 aromatic rings. The SMILES string of the molecule is Cc1ccc(CNc2ccc(O)c(F)c2)cc1. The molecule has 2 aromatic carbocycles. The Balaban J connectivity index is 2.02. The maximum absolute atomic E-state index is 13.1. The highest BCUT2D eigenvalue weighted by Crippen LogP contribution is 2.19. The summed E-state index contributed by atoms with van der Waals surface area (Å²) >= 11 is 0. The van der Waals surface area contributed by atoms with Gasteiger partial charge >= 0.3 is 0 Å². The fourth-order valence-electron chi connectivity index (χ4n) is 1.53. The maximum Gasteiger partial charge on any atom is 0.166 e. The number of hydrogen-bond acceptors (Lipinski definition) is 2. The molecular weight excluding hydrogens is 217 g/mol. The van der Waals surface area contributed by atoms with Crippen molar-refractivity contribution in [3.63, 3.8) is 0 Å². The van der Waals surface area contributed by atoms with Crippen molar-refractivity contribution in [2.75, 3.05) is 5.32 Å². The third-order valence-corrected chi connectivity index (χ3v) is 2.56. The van der Waals surface area contributed by atoms with Crippen molar-refractivity contribution in [1.82, 2.24) is 0 Å². The van der Waals surface area contributed by atoms with Crippen molar-refractivity contribution in [3.8, 4) is 5.75 Å². The van der Waals surface area contributed by atoms with Gasteiger partial charge in [-0.3, -0.25) is 0 Å². The monoisotopic (exact) mass is 231 g/mol. The van der Waals surface area contributed by atoms with Crippen molar-refractivity contribution in [3.05, 3.63) is 59.4 Å². The molecule has 0 aliphatic heterocycles. The molecule has 88 valence electrons. The molecule has 2 rings (SSSR count). The Morgan fingerprint density at radius 1 is 1.12 bits per heavy atom. The Labute approximate surface area is 99.7 Å². The molecule has 0 amide bonds. The van der Waals surface area contributed by atoms with Crippen LogP contribution >= 0.6 is 0 Å². The normalized spacial score (nSPS) is 10.2. The highest BCUT2D eigenvalue weighted by atomic mass is 19.1. The van der Waals surface area contributed by atoms with Crippen LogP contribution in [-0.4, -0.2) is 5.11 Å². The quantitative estimate of drug-likeness (QED) is 0.793. The molecule has 0 spiro atoms. The summed E-state index contributed by atoms with van der Waals surface area (Å²) < 4.78 is 13.1. The molecule has 0 saturated heterocycles. The minimum Gasteiger partial charge on any atom is -0.505 e. The molecule has 0 bridgehead atoms. The predicted molar refractivity (Wildman–Crippen MR) is 66.6 cm³/mol. The van der Waals surface area contributed by atoms with Crippen molar-refractivity contribution in [2.45, 2.75) is 13.5 Å². The molecule has 0 fully saturated rings. The van der Waals surface area contributed by atoms with E-state index in [4.69, 9.17) is 5.11 Å². The smallest absolute Gasteiger partial charge is 0.166 e. The number of benzene rings is 2. The topological polar surface area (TPSA) is 32.3 Å². The molecule has 0 saturated carbocycles. The Morgan fingerprint density at radius 2 is 1.82 bits per heavy atom. The summed E-state index contributed by atoms with van der Waals surface area (Å²) in [5.41, 5.74) is 2.99. The minimum atomic E-state index is -0.612. The van der Waals surface area contributed by atoms with Crippen LogP contribution in [0.4, 0.5) is 10.1 Å². The number of hydrogen-bond donors (Lipinski definition) is 2. The molecular formula is C14H14FNO. The second-order valence-electron chi connectivity index (χ2n) is 4.01. The van der Waals surface area contributed by atoms with E-state index >= 15 is 0 Å². The number of phenolic OH excluding ortho intramolecular Hbond substituents is 1. The van der Waals surface area contributed by atoms with E-state index in [1.807, 2.05) is 31.2 Å². The summed E-state index contributed by atoms with van der Waals surface area (Å²) in [5.74, 6) is -0.940. The Hall–Kier alpha value is -2.03. The van der Waals surface area contributed by atoms with Gasteiger partial charge in [0.15, 0.2) is 11.6 Å². The minimum absolute atomic E-state index is 0.328. The third kappa shape index (κ3) is 2.97. The first-order valence-corrected chi connectivity index (χ1v) is 5.43. The van der Waals surface area contributed by atoms with Crippen LogP contribution in [0.1, 0.15) is 11.1 Å². The zero-order valence-electron chi connectivity index (χ0n) is 9.57. The van der Waals surface area contributed by atoms with Crippen molar-refractivity contribution >= 4 is 5.69 Å². The molecule has 17 heavy (non-hydrogen) atoms. The van der Waals surface area contributed by atoms with Gasteiger partial charge in [0.05, 0.1) is 0 Å². The van der Waals surface area contributed by atoms with Gasteiger partial charge < -0.3 is 10.4 Å². The summed E-state index contributed by atoms with van der Waals surface area (Å²) in [4.78, 5) is 0. The maximum atomic E-state index is 13.1. The van der Waals surface area contributed by atoms with Gasteiger partial charge in [0.2, 0.25) is 0 Å². The van der Waals surface area contributed by atoms with Crippen LogP contribution in [0.25, 0.3) is 0 Å². The molecule has 0 atom stereocenters.